The minimum atomic E-state index is 0.201. The summed E-state index contributed by atoms with van der Waals surface area (Å²) in [6, 6.07) is 38.1. The summed E-state index contributed by atoms with van der Waals surface area (Å²) >= 11 is 0. The molecule has 1 unspecified atom stereocenters. The van der Waals surface area contributed by atoms with Crippen molar-refractivity contribution in [1.29, 1.82) is 0 Å². The first-order chi connectivity index (χ1) is 14.4. The van der Waals surface area contributed by atoms with E-state index in [1.54, 1.807) is 0 Å². The van der Waals surface area contributed by atoms with E-state index < -0.39 is 0 Å². The van der Waals surface area contributed by atoms with Gasteiger partial charge in [0, 0.05) is 12.1 Å². The van der Waals surface area contributed by atoms with Crippen molar-refractivity contribution >= 4 is 23.6 Å². The molecule has 0 bridgehead atoms. The average Bonchev–Trinajstić information content (AvgIpc) is 3.19. The Balaban J connectivity index is 1.62. The lowest BCUT2D eigenvalue weighted by molar-refractivity contribution is 1.06. The molecule has 0 radical (unpaired) electrons. The molecule has 0 fully saturated rings. The Morgan fingerprint density at radius 3 is 2.00 bits per heavy atom. The number of allylic oxidation sites excluding steroid dienone is 1. The largest absolute Gasteiger partial charge is 0.256 e. The van der Waals surface area contributed by atoms with Gasteiger partial charge in [0.25, 0.3) is 0 Å². The van der Waals surface area contributed by atoms with E-state index in [2.05, 4.69) is 84.9 Å². The molecule has 29 heavy (non-hydrogen) atoms. The molecule has 1 heteroatoms. The van der Waals surface area contributed by atoms with Crippen molar-refractivity contribution in [2.75, 3.05) is 0 Å². The summed E-state index contributed by atoms with van der Waals surface area (Å²) in [5.74, 6) is 0.201. The van der Waals surface area contributed by atoms with Crippen LogP contribution in [0.1, 0.15) is 33.7 Å². The van der Waals surface area contributed by atoms with Crippen LogP contribution >= 0.6 is 0 Å². The third-order valence-electron chi connectivity index (χ3n) is 5.45. The van der Waals surface area contributed by atoms with E-state index in [4.69, 9.17) is 4.99 Å². The lowest BCUT2D eigenvalue weighted by atomic mass is 9.83. The van der Waals surface area contributed by atoms with Gasteiger partial charge in [0.15, 0.2) is 0 Å². The van der Waals surface area contributed by atoms with Crippen LogP contribution in [0.3, 0.4) is 0 Å². The van der Waals surface area contributed by atoms with Crippen LogP contribution in [0.15, 0.2) is 114 Å². The Morgan fingerprint density at radius 2 is 1.21 bits per heavy atom. The molecule has 4 aromatic carbocycles. The summed E-state index contributed by atoms with van der Waals surface area (Å²) in [4.78, 5) is 4.72. The zero-order valence-corrected chi connectivity index (χ0v) is 16.1. The second-order valence-electron chi connectivity index (χ2n) is 7.25. The van der Waals surface area contributed by atoms with Gasteiger partial charge in [0.1, 0.15) is 0 Å². The summed E-state index contributed by atoms with van der Waals surface area (Å²) in [6.45, 7) is 0. The number of benzene rings is 4. The van der Waals surface area contributed by atoms with Crippen LogP contribution in [0.5, 0.6) is 0 Å². The third-order valence-corrected chi connectivity index (χ3v) is 5.45. The predicted octanol–water partition coefficient (Wildman–Crippen LogP) is 7.12. The third kappa shape index (κ3) is 3.43. The summed E-state index contributed by atoms with van der Waals surface area (Å²) in [6.07, 6.45) is 4.33. The standard InChI is InChI=1S/C28H21N/c1-3-11-21(12-4-1)27-19-22-13-7-9-17-25(22)28(27)26-18-10-8-14-23(26)20-29-24-15-5-2-6-16-24/h1-20,28H/b29-20-. The summed E-state index contributed by atoms with van der Waals surface area (Å²) in [5.41, 5.74) is 8.66. The molecule has 0 saturated heterocycles. The lowest BCUT2D eigenvalue weighted by Gasteiger charge is -2.20. The van der Waals surface area contributed by atoms with E-state index in [-0.39, 0.29) is 5.92 Å². The van der Waals surface area contributed by atoms with Crippen LogP contribution in [0.2, 0.25) is 0 Å². The van der Waals surface area contributed by atoms with Crippen molar-refractivity contribution < 1.29 is 0 Å². The van der Waals surface area contributed by atoms with Gasteiger partial charge in [-0.15, -0.1) is 0 Å². The monoisotopic (exact) mass is 371 g/mol. The van der Waals surface area contributed by atoms with E-state index in [9.17, 15) is 0 Å². The molecule has 0 heterocycles. The van der Waals surface area contributed by atoms with Gasteiger partial charge in [0.2, 0.25) is 0 Å². The highest BCUT2D eigenvalue weighted by Crippen LogP contribution is 2.46. The van der Waals surface area contributed by atoms with Gasteiger partial charge in [-0.1, -0.05) is 97.1 Å². The second-order valence-corrected chi connectivity index (χ2v) is 7.25. The number of hydrogen-bond acceptors (Lipinski definition) is 1. The highest BCUT2D eigenvalue weighted by atomic mass is 14.7. The Kier molecular flexibility index (Phi) is 4.63. The number of fused-ring (bicyclic) bond motifs is 1. The topological polar surface area (TPSA) is 12.4 Å². The molecule has 4 aromatic rings. The van der Waals surface area contributed by atoms with E-state index in [0.717, 1.165) is 11.3 Å². The van der Waals surface area contributed by atoms with E-state index >= 15 is 0 Å². The Labute approximate surface area is 171 Å². The van der Waals surface area contributed by atoms with E-state index in [0.29, 0.717) is 0 Å². The Bertz CT molecular complexity index is 1190. The fourth-order valence-corrected chi connectivity index (χ4v) is 4.09. The van der Waals surface area contributed by atoms with Gasteiger partial charge in [0.05, 0.1) is 5.69 Å². The van der Waals surface area contributed by atoms with Crippen molar-refractivity contribution in [3.63, 3.8) is 0 Å². The maximum atomic E-state index is 4.72. The SMILES string of the molecule is C1=C(c2ccccc2)C(c2ccccc2/C=N\c2ccccc2)c2ccccc21. The first-order valence-corrected chi connectivity index (χ1v) is 9.94. The molecule has 1 nitrogen and oxygen atoms in total. The molecule has 0 spiro atoms. The van der Waals surface area contributed by atoms with Crippen molar-refractivity contribution in [3.8, 4) is 0 Å². The maximum absolute atomic E-state index is 4.72. The molecule has 1 atom stereocenters. The van der Waals surface area contributed by atoms with Gasteiger partial charge in [-0.25, -0.2) is 0 Å². The van der Waals surface area contributed by atoms with Crippen LogP contribution in [0.25, 0.3) is 11.6 Å². The smallest absolute Gasteiger partial charge is 0.0629 e. The van der Waals surface area contributed by atoms with Crippen LogP contribution in [0, 0.1) is 0 Å². The lowest BCUT2D eigenvalue weighted by Crippen LogP contribution is -2.04. The van der Waals surface area contributed by atoms with E-state index in [1.165, 1.54) is 27.8 Å². The van der Waals surface area contributed by atoms with Crippen molar-refractivity contribution in [2.24, 2.45) is 4.99 Å². The minimum Gasteiger partial charge on any atom is -0.256 e. The molecule has 5 rings (SSSR count). The molecule has 0 aromatic heterocycles. The van der Waals surface area contributed by atoms with Crippen LogP contribution in [0.4, 0.5) is 5.69 Å². The first kappa shape index (κ1) is 17.4. The maximum Gasteiger partial charge on any atom is 0.0629 e. The van der Waals surface area contributed by atoms with Crippen LogP contribution < -0.4 is 0 Å². The van der Waals surface area contributed by atoms with Crippen LogP contribution in [-0.4, -0.2) is 6.21 Å². The zero-order chi connectivity index (χ0) is 19.5. The predicted molar refractivity (Wildman–Crippen MR) is 123 cm³/mol. The summed E-state index contributed by atoms with van der Waals surface area (Å²) < 4.78 is 0. The van der Waals surface area contributed by atoms with Gasteiger partial charge in [-0.05, 0) is 51.6 Å². The number of rotatable bonds is 4. The fraction of sp³-hybridized carbons (Fsp3) is 0.0357. The van der Waals surface area contributed by atoms with Crippen molar-refractivity contribution in [3.05, 3.63) is 137 Å². The Morgan fingerprint density at radius 1 is 0.586 bits per heavy atom. The summed E-state index contributed by atoms with van der Waals surface area (Å²) in [7, 11) is 0. The van der Waals surface area contributed by atoms with Gasteiger partial charge < -0.3 is 0 Å². The molecule has 0 aliphatic heterocycles. The quantitative estimate of drug-likeness (QED) is 0.339. The number of nitrogens with zero attached hydrogens (tertiary/aromatic N) is 1. The molecule has 0 N–H and O–H groups in total. The molecule has 0 saturated carbocycles. The molecule has 1 aliphatic rings. The Hall–Kier alpha value is -3.71. The zero-order valence-electron chi connectivity index (χ0n) is 16.1. The normalized spacial score (nSPS) is 15.3. The summed E-state index contributed by atoms with van der Waals surface area (Å²) in [5, 5.41) is 0. The van der Waals surface area contributed by atoms with Gasteiger partial charge in [-0.3, -0.25) is 4.99 Å². The highest BCUT2D eigenvalue weighted by Gasteiger charge is 2.28. The number of hydrogen-bond donors (Lipinski definition) is 0. The van der Waals surface area contributed by atoms with Gasteiger partial charge >= 0.3 is 0 Å². The van der Waals surface area contributed by atoms with Gasteiger partial charge in [-0.2, -0.15) is 0 Å². The molecule has 0 amide bonds. The number of para-hydroxylation sites is 1. The van der Waals surface area contributed by atoms with Crippen molar-refractivity contribution in [1.82, 2.24) is 0 Å². The first-order valence-electron chi connectivity index (χ1n) is 9.94. The fourth-order valence-electron chi connectivity index (χ4n) is 4.09. The second kappa shape index (κ2) is 7.73. The highest BCUT2D eigenvalue weighted by molar-refractivity contribution is 5.96. The molecular formula is C28H21N. The molecule has 1 aliphatic carbocycles. The molecular weight excluding hydrogens is 350 g/mol. The average molecular weight is 371 g/mol. The minimum absolute atomic E-state index is 0.201. The van der Waals surface area contributed by atoms with E-state index in [1.807, 2.05) is 36.5 Å². The van der Waals surface area contributed by atoms with Crippen molar-refractivity contribution in [2.45, 2.75) is 5.92 Å². The number of aliphatic imine (C=N–C) groups is 1. The van der Waals surface area contributed by atoms with Crippen LogP contribution in [-0.2, 0) is 0 Å². The molecule has 138 valence electrons.